The number of benzene rings is 1. The Labute approximate surface area is 166 Å². The summed E-state index contributed by atoms with van der Waals surface area (Å²) < 4.78 is 39.3. The van der Waals surface area contributed by atoms with E-state index < -0.39 is 12.0 Å². The van der Waals surface area contributed by atoms with Crippen molar-refractivity contribution in [1.29, 1.82) is 0 Å². The van der Waals surface area contributed by atoms with Crippen LogP contribution in [0, 0.1) is 0 Å². The number of fused-ring (bicyclic) bond motifs is 1. The van der Waals surface area contributed by atoms with Crippen molar-refractivity contribution in [3.8, 4) is 0 Å². The molecule has 28 heavy (non-hydrogen) atoms. The molecule has 1 N–H and O–H groups in total. The Bertz CT molecular complexity index is 1020. The number of hydrogen-bond acceptors (Lipinski definition) is 7. The summed E-state index contributed by atoms with van der Waals surface area (Å²) in [5.41, 5.74) is 0.202. The summed E-state index contributed by atoms with van der Waals surface area (Å²) in [5.74, 6) is -1.06. The number of rotatable bonds is 5. The maximum absolute atomic E-state index is 13.1. The van der Waals surface area contributed by atoms with Gasteiger partial charge in [-0.3, -0.25) is 4.79 Å². The van der Waals surface area contributed by atoms with Crippen molar-refractivity contribution in [2.75, 3.05) is 18.8 Å². The van der Waals surface area contributed by atoms with E-state index in [0.717, 1.165) is 36.3 Å². The number of para-hydroxylation sites is 1. The Morgan fingerprint density at radius 1 is 1.29 bits per heavy atom. The van der Waals surface area contributed by atoms with Crippen molar-refractivity contribution in [3.63, 3.8) is 0 Å². The van der Waals surface area contributed by atoms with Gasteiger partial charge in [-0.15, -0.1) is 11.3 Å². The molecule has 1 saturated heterocycles. The fraction of sp³-hybridized carbons (Fsp3) is 0.333. The zero-order valence-electron chi connectivity index (χ0n) is 14.5. The molecule has 0 amide bonds. The van der Waals surface area contributed by atoms with Crippen LogP contribution >= 0.6 is 23.1 Å². The van der Waals surface area contributed by atoms with E-state index in [0.29, 0.717) is 16.2 Å². The van der Waals surface area contributed by atoms with Gasteiger partial charge < -0.3 is 5.32 Å². The van der Waals surface area contributed by atoms with Gasteiger partial charge in [0.2, 0.25) is 5.82 Å². The first-order valence-electron chi connectivity index (χ1n) is 8.58. The van der Waals surface area contributed by atoms with Gasteiger partial charge in [0.25, 0.3) is 0 Å². The number of alkyl halides is 3. The van der Waals surface area contributed by atoms with Crippen LogP contribution in [-0.4, -0.2) is 39.6 Å². The van der Waals surface area contributed by atoms with E-state index in [1.807, 2.05) is 0 Å². The van der Waals surface area contributed by atoms with Crippen LogP contribution in [0.15, 0.2) is 35.5 Å². The predicted molar refractivity (Wildman–Crippen MR) is 102 cm³/mol. The molecule has 0 radical (unpaired) electrons. The second-order valence-corrected chi connectivity index (χ2v) is 8.36. The van der Waals surface area contributed by atoms with Gasteiger partial charge in [-0.2, -0.15) is 13.2 Å². The molecule has 0 spiro atoms. The number of carbonyl (C=O) groups excluding carboxylic acids is 1. The first-order valence-corrected chi connectivity index (χ1v) is 10.4. The largest absolute Gasteiger partial charge is 0.451 e. The highest BCUT2D eigenvalue weighted by molar-refractivity contribution is 8.00. The molecule has 3 heterocycles. The predicted octanol–water partition coefficient (Wildman–Crippen LogP) is 4.16. The van der Waals surface area contributed by atoms with Crippen LogP contribution in [0.2, 0.25) is 0 Å². The SMILES string of the molecule is O=C(CSc1nc(C(F)(F)F)nc2ccccc12)c1cnc(C2CCNC2)s1. The topological polar surface area (TPSA) is 67.8 Å². The monoisotopic (exact) mass is 424 g/mol. The number of halogens is 3. The molecule has 2 aromatic heterocycles. The standard InChI is InChI=1S/C18H15F3N4OS2/c19-18(20,21)17-24-12-4-2-1-3-11(12)16(25-17)27-9-13(26)14-8-23-15(28-14)10-5-6-22-7-10/h1-4,8,10,22H,5-7,9H2. The number of aromatic nitrogens is 3. The molecule has 5 nitrogen and oxygen atoms in total. The summed E-state index contributed by atoms with van der Waals surface area (Å²) in [7, 11) is 0. The van der Waals surface area contributed by atoms with E-state index in [2.05, 4.69) is 20.3 Å². The number of ketones is 1. The normalized spacial score (nSPS) is 17.3. The van der Waals surface area contributed by atoms with Crippen LogP contribution in [0.4, 0.5) is 13.2 Å². The minimum atomic E-state index is -4.65. The van der Waals surface area contributed by atoms with Crippen LogP contribution in [0.1, 0.15) is 32.8 Å². The van der Waals surface area contributed by atoms with Gasteiger partial charge in [-0.05, 0) is 19.0 Å². The minimum absolute atomic E-state index is 0.0111. The van der Waals surface area contributed by atoms with Crippen LogP contribution in [-0.2, 0) is 6.18 Å². The van der Waals surface area contributed by atoms with Crippen LogP contribution in [0.5, 0.6) is 0 Å². The lowest BCUT2D eigenvalue weighted by Gasteiger charge is -2.09. The Hall–Kier alpha value is -2.04. The molecule has 146 valence electrons. The lowest BCUT2D eigenvalue weighted by Crippen LogP contribution is -2.12. The van der Waals surface area contributed by atoms with Gasteiger partial charge in [0.05, 0.1) is 21.2 Å². The molecule has 3 aromatic rings. The highest BCUT2D eigenvalue weighted by Gasteiger charge is 2.35. The fourth-order valence-electron chi connectivity index (χ4n) is 2.96. The molecule has 10 heteroatoms. The minimum Gasteiger partial charge on any atom is -0.316 e. The molecule has 1 atom stereocenters. The van der Waals surface area contributed by atoms with Crippen molar-refractivity contribution in [2.45, 2.75) is 23.5 Å². The zero-order valence-corrected chi connectivity index (χ0v) is 16.1. The summed E-state index contributed by atoms with van der Waals surface area (Å²) in [4.78, 5) is 24.6. The summed E-state index contributed by atoms with van der Waals surface area (Å²) in [6.07, 6.45) is -2.10. The molecule has 0 saturated carbocycles. The zero-order chi connectivity index (χ0) is 19.7. The Kier molecular flexibility index (Phi) is 5.35. The highest BCUT2D eigenvalue weighted by Crippen LogP contribution is 2.33. The maximum atomic E-state index is 13.1. The number of thiazole rings is 1. The smallest absolute Gasteiger partial charge is 0.316 e. The van der Waals surface area contributed by atoms with E-state index >= 15 is 0 Å². The first kappa shape index (κ1) is 19.3. The molecule has 1 aliphatic rings. The van der Waals surface area contributed by atoms with E-state index in [1.165, 1.54) is 17.4 Å². The Balaban J connectivity index is 1.54. The number of nitrogens with one attached hydrogen (secondary N) is 1. The molecule has 1 aromatic carbocycles. The molecule has 1 aliphatic heterocycles. The third-order valence-electron chi connectivity index (χ3n) is 4.37. The molecule has 1 fully saturated rings. The van der Waals surface area contributed by atoms with Gasteiger partial charge in [0.1, 0.15) is 5.03 Å². The van der Waals surface area contributed by atoms with Gasteiger partial charge in [0, 0.05) is 24.0 Å². The van der Waals surface area contributed by atoms with E-state index in [-0.39, 0.29) is 22.1 Å². The lowest BCUT2D eigenvalue weighted by molar-refractivity contribution is -0.145. The molecule has 0 bridgehead atoms. The number of Topliss-reactive ketones (excluding diaryl/α,β-unsaturated/α-hetero) is 1. The second kappa shape index (κ2) is 7.76. The maximum Gasteiger partial charge on any atom is 0.451 e. The number of hydrogen-bond donors (Lipinski definition) is 1. The third-order valence-corrected chi connectivity index (χ3v) is 6.56. The molecule has 0 aliphatic carbocycles. The van der Waals surface area contributed by atoms with E-state index in [9.17, 15) is 18.0 Å². The average molecular weight is 424 g/mol. The van der Waals surface area contributed by atoms with Gasteiger partial charge >= 0.3 is 6.18 Å². The van der Waals surface area contributed by atoms with Gasteiger partial charge in [-0.25, -0.2) is 15.0 Å². The quantitative estimate of drug-likeness (QED) is 0.377. The van der Waals surface area contributed by atoms with Crippen molar-refractivity contribution in [2.24, 2.45) is 0 Å². The fourth-order valence-corrected chi connectivity index (χ4v) is 4.94. The van der Waals surface area contributed by atoms with Gasteiger partial charge in [0.15, 0.2) is 5.78 Å². The molecule has 4 rings (SSSR count). The second-order valence-electron chi connectivity index (χ2n) is 6.33. The number of thioether (sulfide) groups is 1. The Morgan fingerprint density at radius 3 is 2.86 bits per heavy atom. The summed E-state index contributed by atoms with van der Waals surface area (Å²) in [6.45, 7) is 1.79. The summed E-state index contributed by atoms with van der Waals surface area (Å²) >= 11 is 2.35. The number of carbonyl (C=O) groups is 1. The third kappa shape index (κ3) is 4.03. The van der Waals surface area contributed by atoms with Crippen molar-refractivity contribution in [3.05, 3.63) is 46.2 Å². The van der Waals surface area contributed by atoms with E-state index in [1.54, 1.807) is 24.4 Å². The first-order chi connectivity index (χ1) is 13.4. The van der Waals surface area contributed by atoms with Crippen molar-refractivity contribution < 1.29 is 18.0 Å². The summed E-state index contributed by atoms with van der Waals surface area (Å²) in [6, 6.07) is 6.48. The number of nitrogens with zero attached hydrogens (tertiary/aromatic N) is 3. The lowest BCUT2D eigenvalue weighted by atomic mass is 10.1. The summed E-state index contributed by atoms with van der Waals surface area (Å²) in [5, 5.41) is 4.83. The average Bonchev–Trinajstić information content (AvgIpc) is 3.36. The van der Waals surface area contributed by atoms with Crippen LogP contribution < -0.4 is 5.32 Å². The highest BCUT2D eigenvalue weighted by atomic mass is 32.2. The van der Waals surface area contributed by atoms with Crippen molar-refractivity contribution >= 4 is 39.8 Å². The van der Waals surface area contributed by atoms with Gasteiger partial charge in [-0.1, -0.05) is 30.0 Å². The van der Waals surface area contributed by atoms with Crippen LogP contribution in [0.3, 0.4) is 0 Å². The molecular formula is C18H15F3N4OS2. The van der Waals surface area contributed by atoms with Crippen molar-refractivity contribution in [1.82, 2.24) is 20.3 Å². The van der Waals surface area contributed by atoms with E-state index in [4.69, 9.17) is 0 Å². The Morgan fingerprint density at radius 2 is 2.11 bits per heavy atom. The van der Waals surface area contributed by atoms with Crippen LogP contribution in [0.25, 0.3) is 10.9 Å². The molecule has 1 unspecified atom stereocenters. The molecular weight excluding hydrogens is 409 g/mol.